The lowest BCUT2D eigenvalue weighted by atomic mass is 10.1. The van der Waals surface area contributed by atoms with Crippen LogP contribution >= 0.6 is 15.9 Å². The number of benzene rings is 2. The number of fused-ring (bicyclic) bond motifs is 1. The van der Waals surface area contributed by atoms with Gasteiger partial charge in [-0.1, -0.05) is 40.2 Å². The fraction of sp³-hybridized carbons (Fsp3) is 0.176. The molecule has 3 nitrogen and oxygen atoms in total. The van der Waals surface area contributed by atoms with E-state index in [1.54, 1.807) is 24.3 Å². The van der Waals surface area contributed by atoms with Crippen LogP contribution in [0.1, 0.15) is 33.2 Å². The van der Waals surface area contributed by atoms with Crippen molar-refractivity contribution in [1.29, 1.82) is 0 Å². The fourth-order valence-electron chi connectivity index (χ4n) is 2.66. The maximum atomic E-state index is 12.4. The Kier molecular flexibility index (Phi) is 3.64. The molecule has 0 bridgehead atoms. The van der Waals surface area contributed by atoms with E-state index in [1.807, 2.05) is 31.2 Å². The first kappa shape index (κ1) is 14.0. The van der Waals surface area contributed by atoms with Crippen LogP contribution in [0.5, 0.6) is 0 Å². The lowest BCUT2D eigenvalue weighted by Crippen LogP contribution is -2.39. The molecule has 0 radical (unpaired) electrons. The molecule has 21 heavy (non-hydrogen) atoms. The minimum absolute atomic E-state index is 0.168. The maximum Gasteiger partial charge on any atom is 0.261 e. The summed E-state index contributed by atoms with van der Waals surface area (Å²) in [5.41, 5.74) is 2.11. The summed E-state index contributed by atoms with van der Waals surface area (Å²) in [6, 6.07) is 14.7. The number of rotatable bonds is 3. The summed E-state index contributed by atoms with van der Waals surface area (Å²) in [5, 5.41) is 0. The van der Waals surface area contributed by atoms with Gasteiger partial charge in [-0.05, 0) is 43.2 Å². The molecule has 3 rings (SSSR count). The molecule has 106 valence electrons. The van der Waals surface area contributed by atoms with E-state index in [1.165, 1.54) is 4.90 Å². The number of carbonyl (C=O) groups excluding carboxylic acids is 2. The van der Waals surface area contributed by atoms with Crippen molar-refractivity contribution in [1.82, 2.24) is 4.90 Å². The summed E-state index contributed by atoms with van der Waals surface area (Å²) in [6.45, 7) is 1.91. The van der Waals surface area contributed by atoms with Gasteiger partial charge < -0.3 is 0 Å². The molecule has 0 aromatic heterocycles. The van der Waals surface area contributed by atoms with Crippen LogP contribution in [0.25, 0.3) is 0 Å². The maximum absolute atomic E-state index is 12.4. The molecular formula is C17H14BrNO2. The van der Waals surface area contributed by atoms with Gasteiger partial charge in [-0.2, -0.15) is 0 Å². The minimum Gasteiger partial charge on any atom is -0.271 e. The van der Waals surface area contributed by atoms with Gasteiger partial charge in [-0.3, -0.25) is 14.5 Å². The van der Waals surface area contributed by atoms with Crippen LogP contribution in [0.15, 0.2) is 53.0 Å². The number of halogens is 1. The second-order valence-electron chi connectivity index (χ2n) is 5.21. The van der Waals surface area contributed by atoms with Crippen LogP contribution in [0.2, 0.25) is 0 Å². The Morgan fingerprint density at radius 1 is 0.952 bits per heavy atom. The average Bonchev–Trinajstić information content (AvgIpc) is 2.74. The van der Waals surface area contributed by atoms with E-state index in [-0.39, 0.29) is 17.9 Å². The molecule has 2 aromatic rings. The molecule has 2 aromatic carbocycles. The van der Waals surface area contributed by atoms with E-state index in [9.17, 15) is 9.59 Å². The van der Waals surface area contributed by atoms with Crippen LogP contribution in [0, 0.1) is 0 Å². The Labute approximate surface area is 131 Å². The molecule has 4 heteroatoms. The van der Waals surface area contributed by atoms with Crippen LogP contribution < -0.4 is 0 Å². The molecule has 1 aliphatic rings. The number of hydrogen-bond donors (Lipinski definition) is 0. The van der Waals surface area contributed by atoms with Crippen molar-refractivity contribution in [3.63, 3.8) is 0 Å². The van der Waals surface area contributed by atoms with Crippen molar-refractivity contribution >= 4 is 27.7 Å². The van der Waals surface area contributed by atoms with E-state index < -0.39 is 0 Å². The molecule has 1 atom stereocenters. The first-order valence-corrected chi connectivity index (χ1v) is 7.58. The summed E-state index contributed by atoms with van der Waals surface area (Å²) in [5.74, 6) is -0.388. The minimum atomic E-state index is -0.194. The molecule has 1 aliphatic heterocycles. The van der Waals surface area contributed by atoms with E-state index in [0.717, 1.165) is 10.0 Å². The van der Waals surface area contributed by atoms with Gasteiger partial charge in [0, 0.05) is 10.5 Å². The van der Waals surface area contributed by atoms with Gasteiger partial charge in [-0.15, -0.1) is 0 Å². The predicted octanol–water partition coefficient (Wildman–Crippen LogP) is 3.68. The quantitative estimate of drug-likeness (QED) is 0.797. The highest BCUT2D eigenvalue weighted by molar-refractivity contribution is 9.10. The van der Waals surface area contributed by atoms with Crippen molar-refractivity contribution in [3.05, 3.63) is 69.7 Å². The van der Waals surface area contributed by atoms with Crippen LogP contribution in [0.4, 0.5) is 0 Å². The summed E-state index contributed by atoms with van der Waals surface area (Å²) in [6.07, 6.45) is 0.652. The number of amides is 2. The fourth-order valence-corrected chi connectivity index (χ4v) is 2.93. The second kappa shape index (κ2) is 5.45. The number of imide groups is 1. The van der Waals surface area contributed by atoms with Crippen molar-refractivity contribution < 1.29 is 9.59 Å². The smallest absolute Gasteiger partial charge is 0.261 e. The zero-order chi connectivity index (χ0) is 15.0. The van der Waals surface area contributed by atoms with Crippen molar-refractivity contribution in [2.45, 2.75) is 19.4 Å². The van der Waals surface area contributed by atoms with Crippen LogP contribution in [-0.2, 0) is 6.42 Å². The summed E-state index contributed by atoms with van der Waals surface area (Å²) in [4.78, 5) is 26.1. The Balaban J connectivity index is 1.83. The van der Waals surface area contributed by atoms with Gasteiger partial charge in [0.2, 0.25) is 0 Å². The molecule has 0 N–H and O–H groups in total. The topological polar surface area (TPSA) is 37.4 Å². The largest absolute Gasteiger partial charge is 0.271 e. The Bertz CT molecular complexity index is 674. The first-order chi connectivity index (χ1) is 10.1. The highest BCUT2D eigenvalue weighted by atomic mass is 79.9. The summed E-state index contributed by atoms with van der Waals surface area (Å²) in [7, 11) is 0. The number of nitrogens with zero attached hydrogens (tertiary/aromatic N) is 1. The Morgan fingerprint density at radius 3 is 2.00 bits per heavy atom. The molecular weight excluding hydrogens is 330 g/mol. The van der Waals surface area contributed by atoms with Gasteiger partial charge in [0.15, 0.2) is 0 Å². The first-order valence-electron chi connectivity index (χ1n) is 6.79. The second-order valence-corrected chi connectivity index (χ2v) is 6.12. The van der Waals surface area contributed by atoms with Crippen molar-refractivity contribution in [2.24, 2.45) is 0 Å². The monoisotopic (exact) mass is 343 g/mol. The number of carbonyl (C=O) groups is 2. The van der Waals surface area contributed by atoms with Gasteiger partial charge >= 0.3 is 0 Å². The van der Waals surface area contributed by atoms with Gasteiger partial charge in [-0.25, -0.2) is 0 Å². The molecule has 1 unspecified atom stereocenters. The highest BCUT2D eigenvalue weighted by Crippen LogP contribution is 2.25. The molecule has 1 heterocycles. The van der Waals surface area contributed by atoms with Crippen molar-refractivity contribution in [3.8, 4) is 0 Å². The summed E-state index contributed by atoms with van der Waals surface area (Å²) < 4.78 is 1.01. The standard InChI is InChI=1S/C17H14BrNO2/c1-11(10-12-6-8-13(18)9-7-12)19-16(20)14-4-2-3-5-15(14)17(19)21/h2-9,11H,10H2,1H3. The lowest BCUT2D eigenvalue weighted by molar-refractivity contribution is 0.0597. The van der Waals surface area contributed by atoms with E-state index >= 15 is 0 Å². The summed E-state index contributed by atoms with van der Waals surface area (Å²) >= 11 is 3.40. The normalized spacial score (nSPS) is 15.2. The lowest BCUT2D eigenvalue weighted by Gasteiger charge is -2.22. The molecule has 2 amide bonds. The highest BCUT2D eigenvalue weighted by Gasteiger charge is 2.37. The third-order valence-electron chi connectivity index (χ3n) is 3.71. The van der Waals surface area contributed by atoms with Gasteiger partial charge in [0.1, 0.15) is 0 Å². The molecule has 0 spiro atoms. The zero-order valence-corrected chi connectivity index (χ0v) is 13.1. The molecule has 0 aliphatic carbocycles. The molecule has 0 fully saturated rings. The Morgan fingerprint density at radius 2 is 1.48 bits per heavy atom. The number of hydrogen-bond acceptors (Lipinski definition) is 2. The van der Waals surface area contributed by atoms with Crippen LogP contribution in [-0.4, -0.2) is 22.8 Å². The van der Waals surface area contributed by atoms with E-state index in [2.05, 4.69) is 15.9 Å². The van der Waals surface area contributed by atoms with Crippen molar-refractivity contribution in [2.75, 3.05) is 0 Å². The Hall–Kier alpha value is -1.94. The average molecular weight is 344 g/mol. The SMILES string of the molecule is CC(Cc1ccc(Br)cc1)N1C(=O)c2ccccc2C1=O. The van der Waals surface area contributed by atoms with Gasteiger partial charge in [0.05, 0.1) is 11.1 Å². The molecule has 0 saturated carbocycles. The van der Waals surface area contributed by atoms with Gasteiger partial charge in [0.25, 0.3) is 11.8 Å². The third-order valence-corrected chi connectivity index (χ3v) is 4.24. The molecule has 0 saturated heterocycles. The predicted molar refractivity (Wildman–Crippen MR) is 84.3 cm³/mol. The van der Waals surface area contributed by atoms with E-state index in [0.29, 0.717) is 17.5 Å². The van der Waals surface area contributed by atoms with Crippen LogP contribution in [0.3, 0.4) is 0 Å². The third kappa shape index (κ3) is 2.51. The zero-order valence-electron chi connectivity index (χ0n) is 11.5. The van der Waals surface area contributed by atoms with E-state index in [4.69, 9.17) is 0 Å².